The molecule has 1 aliphatic carbocycles. The molecule has 0 spiro atoms. The van der Waals surface area contributed by atoms with Crippen LogP contribution in [0.5, 0.6) is 0 Å². The molecule has 1 aromatic heterocycles. The van der Waals surface area contributed by atoms with E-state index in [4.69, 9.17) is 11.6 Å². The fourth-order valence-electron chi connectivity index (χ4n) is 2.31. The van der Waals surface area contributed by atoms with Gasteiger partial charge in [-0.15, -0.1) is 10.2 Å². The molecule has 1 aromatic carbocycles. The smallest absolute Gasteiger partial charge is 0.294 e. The van der Waals surface area contributed by atoms with Gasteiger partial charge >= 0.3 is 0 Å². The number of thioether (sulfide) groups is 1. The molecule has 1 heterocycles. The zero-order chi connectivity index (χ0) is 19.6. The summed E-state index contributed by atoms with van der Waals surface area (Å²) in [6.45, 7) is 1.49. The van der Waals surface area contributed by atoms with Crippen LogP contribution in [0, 0.1) is 10.1 Å². The average Bonchev–Trinajstić information content (AvgIpc) is 3.32. The van der Waals surface area contributed by atoms with Gasteiger partial charge in [-0.1, -0.05) is 34.7 Å². The maximum atomic E-state index is 12.1. The summed E-state index contributed by atoms with van der Waals surface area (Å²) in [5.74, 6) is -0.511. The Labute approximate surface area is 167 Å². The lowest BCUT2D eigenvalue weighted by molar-refractivity contribution is -0.383. The van der Waals surface area contributed by atoms with Crippen molar-refractivity contribution in [2.75, 3.05) is 16.0 Å². The van der Waals surface area contributed by atoms with Crippen LogP contribution in [-0.4, -0.2) is 38.7 Å². The molecule has 1 fully saturated rings. The van der Waals surface area contributed by atoms with Crippen LogP contribution in [0.25, 0.3) is 0 Å². The first-order chi connectivity index (χ1) is 12.8. The fourth-order valence-corrected chi connectivity index (χ4v) is 4.24. The zero-order valence-electron chi connectivity index (χ0n) is 14.0. The summed E-state index contributed by atoms with van der Waals surface area (Å²) >= 11 is 8.13. The first-order valence-electron chi connectivity index (χ1n) is 7.85. The van der Waals surface area contributed by atoms with Crippen molar-refractivity contribution >= 4 is 63.0 Å². The van der Waals surface area contributed by atoms with Crippen LogP contribution in [-0.2, 0) is 9.59 Å². The summed E-state index contributed by atoms with van der Waals surface area (Å²) < 4.78 is 0.539. The van der Waals surface area contributed by atoms with E-state index in [0.717, 1.165) is 24.6 Å². The highest BCUT2D eigenvalue weighted by atomic mass is 35.5. The lowest BCUT2D eigenvalue weighted by Gasteiger charge is -2.15. The number of halogens is 1. The molecule has 0 saturated heterocycles. The standard InChI is InChI=1S/C15H14ClN5O4S2/c1-8(22)20(10-3-4-10)14-18-19-15(27-14)26-7-13(23)17-11-5-2-9(16)6-12(11)21(24)25/h2,5-6,10H,3-4,7H2,1H3,(H,17,23). The van der Waals surface area contributed by atoms with E-state index in [-0.39, 0.29) is 34.1 Å². The molecule has 3 rings (SSSR count). The average molecular weight is 428 g/mol. The van der Waals surface area contributed by atoms with Crippen molar-refractivity contribution in [3.63, 3.8) is 0 Å². The molecule has 2 aromatic rings. The van der Waals surface area contributed by atoms with Gasteiger partial charge in [-0.2, -0.15) is 0 Å². The topological polar surface area (TPSA) is 118 Å². The van der Waals surface area contributed by atoms with E-state index in [2.05, 4.69) is 15.5 Å². The number of rotatable bonds is 7. The summed E-state index contributed by atoms with van der Waals surface area (Å²) in [6.07, 6.45) is 1.90. The van der Waals surface area contributed by atoms with E-state index < -0.39 is 10.8 Å². The number of hydrogen-bond donors (Lipinski definition) is 1. The van der Waals surface area contributed by atoms with Gasteiger partial charge in [0.2, 0.25) is 16.9 Å². The summed E-state index contributed by atoms with van der Waals surface area (Å²) in [4.78, 5) is 35.9. The number of nitro groups is 1. The highest BCUT2D eigenvalue weighted by molar-refractivity contribution is 8.01. The largest absolute Gasteiger partial charge is 0.320 e. The first kappa shape index (κ1) is 19.5. The highest BCUT2D eigenvalue weighted by Crippen LogP contribution is 2.36. The van der Waals surface area contributed by atoms with Gasteiger partial charge in [-0.25, -0.2) is 0 Å². The van der Waals surface area contributed by atoms with Crippen molar-refractivity contribution in [3.8, 4) is 0 Å². The van der Waals surface area contributed by atoms with Crippen LogP contribution < -0.4 is 10.2 Å². The predicted octanol–water partition coefficient (Wildman–Crippen LogP) is 3.35. The number of carbonyl (C=O) groups excluding carboxylic acids is 2. The Morgan fingerprint density at radius 1 is 1.44 bits per heavy atom. The van der Waals surface area contributed by atoms with Crippen molar-refractivity contribution in [1.82, 2.24) is 10.2 Å². The van der Waals surface area contributed by atoms with Gasteiger partial charge in [0.1, 0.15) is 5.69 Å². The quantitative estimate of drug-likeness (QED) is 0.311. The maximum Gasteiger partial charge on any atom is 0.294 e. The number of nitrogens with one attached hydrogen (secondary N) is 1. The summed E-state index contributed by atoms with van der Waals surface area (Å²) in [5.41, 5.74) is -0.204. The van der Waals surface area contributed by atoms with E-state index >= 15 is 0 Å². The molecule has 0 atom stereocenters. The number of nitro benzene ring substituents is 1. The molecule has 2 amide bonds. The molecule has 1 saturated carbocycles. The highest BCUT2D eigenvalue weighted by Gasteiger charge is 2.34. The van der Waals surface area contributed by atoms with Crippen LogP contribution in [0.3, 0.4) is 0 Å². The lowest BCUT2D eigenvalue weighted by Crippen LogP contribution is -2.30. The van der Waals surface area contributed by atoms with Crippen molar-refractivity contribution in [1.29, 1.82) is 0 Å². The molecule has 9 nitrogen and oxygen atoms in total. The Morgan fingerprint density at radius 3 is 2.81 bits per heavy atom. The molecule has 12 heteroatoms. The van der Waals surface area contributed by atoms with E-state index in [9.17, 15) is 19.7 Å². The second-order valence-corrected chi connectivity index (χ2v) is 8.34. The van der Waals surface area contributed by atoms with Crippen LogP contribution >= 0.6 is 34.7 Å². The Hall–Kier alpha value is -2.24. The van der Waals surface area contributed by atoms with Crippen LogP contribution in [0.2, 0.25) is 5.02 Å². The number of amides is 2. The number of carbonyl (C=O) groups is 2. The molecular formula is C15H14ClN5O4S2. The molecule has 0 bridgehead atoms. The predicted molar refractivity (Wildman–Crippen MR) is 104 cm³/mol. The van der Waals surface area contributed by atoms with Gasteiger partial charge in [0.15, 0.2) is 4.34 Å². The third-order valence-corrected chi connectivity index (χ3v) is 5.90. The first-order valence-corrected chi connectivity index (χ1v) is 10.0. The number of aromatic nitrogens is 2. The van der Waals surface area contributed by atoms with Gasteiger partial charge in [0, 0.05) is 24.1 Å². The second-order valence-electron chi connectivity index (χ2n) is 5.73. The lowest BCUT2D eigenvalue weighted by atomic mass is 10.2. The fraction of sp³-hybridized carbons (Fsp3) is 0.333. The number of benzene rings is 1. The summed E-state index contributed by atoms with van der Waals surface area (Å²) in [7, 11) is 0. The van der Waals surface area contributed by atoms with Gasteiger partial charge in [0.05, 0.1) is 10.7 Å². The molecule has 1 N–H and O–H groups in total. The molecule has 0 unspecified atom stereocenters. The zero-order valence-corrected chi connectivity index (χ0v) is 16.4. The molecule has 0 aliphatic heterocycles. The SMILES string of the molecule is CC(=O)N(c1nnc(SCC(=O)Nc2ccc(Cl)cc2[N+](=O)[O-])s1)C1CC1. The number of hydrogen-bond acceptors (Lipinski definition) is 8. The maximum absolute atomic E-state index is 12.1. The van der Waals surface area contributed by atoms with Crippen molar-refractivity contribution in [2.45, 2.75) is 30.1 Å². The summed E-state index contributed by atoms with van der Waals surface area (Å²) in [5, 5.41) is 22.3. The Bertz CT molecular complexity index is 902. The van der Waals surface area contributed by atoms with Crippen molar-refractivity contribution in [3.05, 3.63) is 33.3 Å². The number of anilines is 2. The van der Waals surface area contributed by atoms with Crippen molar-refractivity contribution < 1.29 is 14.5 Å². The minimum Gasteiger partial charge on any atom is -0.320 e. The second kappa shape index (κ2) is 8.19. The minimum atomic E-state index is -0.611. The third-order valence-electron chi connectivity index (χ3n) is 3.61. The monoisotopic (exact) mass is 427 g/mol. The van der Waals surface area contributed by atoms with Gasteiger partial charge < -0.3 is 5.32 Å². The molecule has 142 valence electrons. The van der Waals surface area contributed by atoms with Crippen LogP contribution in [0.1, 0.15) is 19.8 Å². The minimum absolute atomic E-state index is 0.00207. The Balaban J connectivity index is 1.60. The Morgan fingerprint density at radius 2 is 2.19 bits per heavy atom. The van der Waals surface area contributed by atoms with E-state index in [0.29, 0.717) is 9.47 Å². The van der Waals surface area contributed by atoms with Crippen LogP contribution in [0.4, 0.5) is 16.5 Å². The third kappa shape index (κ3) is 4.93. The van der Waals surface area contributed by atoms with E-state index in [1.807, 2.05) is 0 Å². The van der Waals surface area contributed by atoms with E-state index in [1.54, 1.807) is 4.90 Å². The molecule has 27 heavy (non-hydrogen) atoms. The van der Waals surface area contributed by atoms with Gasteiger partial charge in [-0.3, -0.25) is 24.6 Å². The summed E-state index contributed by atoms with van der Waals surface area (Å²) in [6, 6.07) is 4.20. The van der Waals surface area contributed by atoms with Gasteiger partial charge in [0.25, 0.3) is 5.69 Å². The van der Waals surface area contributed by atoms with Crippen molar-refractivity contribution in [2.24, 2.45) is 0 Å². The molecule has 0 radical (unpaired) electrons. The van der Waals surface area contributed by atoms with Gasteiger partial charge in [-0.05, 0) is 25.0 Å². The molecular weight excluding hydrogens is 414 g/mol. The number of nitrogens with zero attached hydrogens (tertiary/aromatic N) is 4. The molecule has 1 aliphatic rings. The van der Waals surface area contributed by atoms with Crippen LogP contribution in [0.15, 0.2) is 22.5 Å². The Kier molecular flexibility index (Phi) is 5.92. The normalized spacial score (nSPS) is 13.3. The van der Waals surface area contributed by atoms with E-state index in [1.165, 1.54) is 36.5 Å².